The van der Waals surface area contributed by atoms with Gasteiger partial charge in [0.05, 0.1) is 10.0 Å². The number of hydrogen-bond acceptors (Lipinski definition) is 2. The molecule has 0 aliphatic heterocycles. The maximum atomic E-state index is 12.3. The summed E-state index contributed by atoms with van der Waals surface area (Å²) in [4.78, 5) is 12.3. The zero-order chi connectivity index (χ0) is 13.9. The van der Waals surface area contributed by atoms with E-state index in [0.717, 1.165) is 31.0 Å². The predicted molar refractivity (Wildman–Crippen MR) is 82.9 cm³/mol. The zero-order valence-corrected chi connectivity index (χ0v) is 13.8. The number of amides is 1. The van der Waals surface area contributed by atoms with Gasteiger partial charge in [-0.25, -0.2) is 0 Å². The molecular formula is C14H17Br2NO2. The van der Waals surface area contributed by atoms with E-state index in [1.165, 1.54) is 12.5 Å². The van der Waals surface area contributed by atoms with Crippen molar-refractivity contribution >= 4 is 37.8 Å². The number of benzene rings is 1. The number of hydrogen-bond donors (Lipinski definition) is 2. The van der Waals surface area contributed by atoms with Gasteiger partial charge in [0.15, 0.2) is 0 Å². The van der Waals surface area contributed by atoms with Gasteiger partial charge in [0.1, 0.15) is 5.75 Å². The number of carbonyl (C=O) groups excluding carboxylic acids is 1. The summed E-state index contributed by atoms with van der Waals surface area (Å²) in [5, 5.41) is 13.5. The van der Waals surface area contributed by atoms with Crippen molar-refractivity contribution in [1.82, 2.24) is 5.32 Å². The third-order valence-electron chi connectivity index (χ3n) is 3.65. The monoisotopic (exact) mass is 389 g/mol. The Labute approximate surface area is 130 Å². The molecule has 1 aromatic carbocycles. The Bertz CT molecular complexity index is 471. The Morgan fingerprint density at radius 1 is 1.32 bits per heavy atom. The fraction of sp³-hybridized carbons (Fsp3) is 0.500. The average molecular weight is 391 g/mol. The third kappa shape index (κ3) is 3.51. The molecule has 2 N–H and O–H groups in total. The maximum Gasteiger partial charge on any atom is 0.251 e. The van der Waals surface area contributed by atoms with Crippen molar-refractivity contribution in [1.29, 1.82) is 0 Å². The van der Waals surface area contributed by atoms with E-state index < -0.39 is 0 Å². The van der Waals surface area contributed by atoms with Crippen molar-refractivity contribution in [3.8, 4) is 5.75 Å². The van der Waals surface area contributed by atoms with E-state index in [2.05, 4.69) is 37.2 Å². The molecule has 2 rings (SSSR count). The van der Waals surface area contributed by atoms with Crippen molar-refractivity contribution in [3.63, 3.8) is 0 Å². The quantitative estimate of drug-likeness (QED) is 0.766. The Hall–Kier alpha value is -0.550. The second kappa shape index (κ2) is 6.27. The second-order valence-electron chi connectivity index (χ2n) is 5.09. The van der Waals surface area contributed by atoms with Gasteiger partial charge in [-0.1, -0.05) is 35.2 Å². The minimum absolute atomic E-state index is 0.0872. The Morgan fingerprint density at radius 2 is 2.00 bits per heavy atom. The lowest BCUT2D eigenvalue weighted by atomic mass is 9.83. The van der Waals surface area contributed by atoms with Gasteiger partial charge >= 0.3 is 0 Å². The molecule has 19 heavy (non-hydrogen) atoms. The summed E-state index contributed by atoms with van der Waals surface area (Å²) in [5.74, 6) is -0.0339. The van der Waals surface area contributed by atoms with Gasteiger partial charge in [-0.05, 0) is 47.0 Å². The lowest BCUT2D eigenvalue weighted by molar-refractivity contribution is 0.0886. The van der Waals surface area contributed by atoms with Crippen LogP contribution >= 0.6 is 31.9 Å². The van der Waals surface area contributed by atoms with Crippen LogP contribution in [-0.4, -0.2) is 21.9 Å². The Kier molecular flexibility index (Phi) is 4.90. The number of aromatic hydroxyl groups is 1. The van der Waals surface area contributed by atoms with Gasteiger partial charge in [-0.3, -0.25) is 4.79 Å². The molecule has 104 valence electrons. The van der Waals surface area contributed by atoms with Crippen molar-refractivity contribution in [2.45, 2.75) is 37.6 Å². The van der Waals surface area contributed by atoms with Crippen molar-refractivity contribution < 1.29 is 9.90 Å². The number of rotatable bonds is 3. The first-order valence-corrected chi connectivity index (χ1v) is 8.35. The van der Waals surface area contributed by atoms with Gasteiger partial charge in [-0.15, -0.1) is 0 Å². The summed E-state index contributed by atoms with van der Waals surface area (Å²) in [7, 11) is 0. The lowest BCUT2D eigenvalue weighted by Crippen LogP contribution is -2.51. The number of nitrogens with one attached hydrogen (secondary N) is 1. The van der Waals surface area contributed by atoms with E-state index in [-0.39, 0.29) is 17.2 Å². The summed E-state index contributed by atoms with van der Waals surface area (Å²) in [6.07, 6.45) is 5.55. The molecular weight excluding hydrogens is 374 g/mol. The molecule has 1 amide bonds. The molecule has 0 saturated heterocycles. The molecule has 1 aliphatic carbocycles. The molecule has 1 aromatic rings. The van der Waals surface area contributed by atoms with Crippen molar-refractivity contribution in [2.24, 2.45) is 0 Å². The van der Waals surface area contributed by atoms with E-state index in [1.807, 2.05) is 0 Å². The van der Waals surface area contributed by atoms with Crippen LogP contribution in [0.4, 0.5) is 0 Å². The van der Waals surface area contributed by atoms with Crippen LogP contribution in [0.3, 0.4) is 0 Å². The zero-order valence-electron chi connectivity index (χ0n) is 10.6. The van der Waals surface area contributed by atoms with Gasteiger partial charge in [0.2, 0.25) is 0 Å². The van der Waals surface area contributed by atoms with Crippen LogP contribution in [0.15, 0.2) is 22.7 Å². The van der Waals surface area contributed by atoms with Gasteiger partial charge in [0, 0.05) is 10.9 Å². The first-order chi connectivity index (χ1) is 9.06. The van der Waals surface area contributed by atoms with E-state index in [0.29, 0.717) is 10.0 Å². The Morgan fingerprint density at radius 3 is 2.58 bits per heavy atom. The van der Waals surface area contributed by atoms with Crippen LogP contribution in [0.2, 0.25) is 0 Å². The minimum atomic E-state index is -0.141. The number of halogens is 2. The van der Waals surface area contributed by atoms with Crippen LogP contribution in [0.5, 0.6) is 5.75 Å². The van der Waals surface area contributed by atoms with Crippen molar-refractivity contribution in [2.75, 3.05) is 5.33 Å². The van der Waals surface area contributed by atoms with Crippen LogP contribution in [-0.2, 0) is 0 Å². The average Bonchev–Trinajstić information content (AvgIpc) is 2.43. The number of alkyl halides is 1. The molecule has 0 heterocycles. The van der Waals surface area contributed by atoms with Crippen molar-refractivity contribution in [3.05, 3.63) is 28.2 Å². The predicted octanol–water partition coefficient (Wildman–Crippen LogP) is 3.98. The maximum absolute atomic E-state index is 12.3. The summed E-state index contributed by atoms with van der Waals surface area (Å²) in [6.45, 7) is 0. The summed E-state index contributed by atoms with van der Waals surface area (Å²) >= 11 is 6.74. The standard InChI is InChI=1S/C14H17Br2NO2/c15-9-14(6-2-1-3-7-14)17-13(19)10-4-5-11(16)12(18)8-10/h4-5,8,18H,1-3,6-7,9H2,(H,17,19). The minimum Gasteiger partial charge on any atom is -0.507 e. The molecule has 0 atom stereocenters. The van der Waals surface area contributed by atoms with E-state index >= 15 is 0 Å². The normalized spacial score (nSPS) is 18.0. The molecule has 0 bridgehead atoms. The fourth-order valence-electron chi connectivity index (χ4n) is 2.49. The summed E-state index contributed by atoms with van der Waals surface area (Å²) in [5.41, 5.74) is 0.351. The van der Waals surface area contributed by atoms with E-state index in [9.17, 15) is 9.90 Å². The highest BCUT2D eigenvalue weighted by Gasteiger charge is 2.32. The topological polar surface area (TPSA) is 49.3 Å². The van der Waals surface area contributed by atoms with Gasteiger partial charge in [-0.2, -0.15) is 0 Å². The second-order valence-corrected chi connectivity index (χ2v) is 6.51. The third-order valence-corrected chi connectivity index (χ3v) is 5.40. The van der Waals surface area contributed by atoms with Crippen LogP contribution < -0.4 is 5.32 Å². The first-order valence-electron chi connectivity index (χ1n) is 6.43. The van der Waals surface area contributed by atoms with E-state index in [1.54, 1.807) is 12.1 Å². The van der Waals surface area contributed by atoms with Crippen LogP contribution in [0.1, 0.15) is 42.5 Å². The molecule has 1 aliphatic rings. The van der Waals surface area contributed by atoms with Gasteiger partial charge in [0.25, 0.3) is 5.91 Å². The lowest BCUT2D eigenvalue weighted by Gasteiger charge is -2.36. The molecule has 1 saturated carbocycles. The number of phenols is 1. The van der Waals surface area contributed by atoms with Gasteiger partial charge < -0.3 is 10.4 Å². The highest BCUT2D eigenvalue weighted by molar-refractivity contribution is 9.10. The molecule has 3 nitrogen and oxygen atoms in total. The number of phenolic OH excluding ortho intramolecular Hbond substituents is 1. The molecule has 0 unspecified atom stereocenters. The fourth-order valence-corrected chi connectivity index (χ4v) is 3.44. The van der Waals surface area contributed by atoms with Crippen LogP contribution in [0, 0.1) is 0 Å². The summed E-state index contributed by atoms with van der Waals surface area (Å²) < 4.78 is 0.594. The molecule has 0 aromatic heterocycles. The highest BCUT2D eigenvalue weighted by Crippen LogP contribution is 2.31. The first kappa shape index (κ1) is 14.9. The van der Waals surface area contributed by atoms with Crippen LogP contribution in [0.25, 0.3) is 0 Å². The molecule has 5 heteroatoms. The number of carbonyl (C=O) groups is 1. The smallest absolute Gasteiger partial charge is 0.251 e. The Balaban J connectivity index is 2.12. The molecule has 1 fully saturated rings. The van der Waals surface area contributed by atoms with E-state index in [4.69, 9.17) is 0 Å². The largest absolute Gasteiger partial charge is 0.507 e. The molecule has 0 spiro atoms. The SMILES string of the molecule is O=C(NC1(CBr)CCCCC1)c1ccc(Br)c(O)c1. The highest BCUT2D eigenvalue weighted by atomic mass is 79.9. The summed E-state index contributed by atoms with van der Waals surface area (Å²) in [6, 6.07) is 4.89. The molecule has 0 radical (unpaired) electrons.